The molecule has 0 aliphatic heterocycles. The summed E-state index contributed by atoms with van der Waals surface area (Å²) in [6.07, 6.45) is 3.10. The highest BCUT2D eigenvalue weighted by Gasteiger charge is 2.14. The van der Waals surface area contributed by atoms with Crippen LogP contribution in [0.4, 0.5) is 0 Å². The summed E-state index contributed by atoms with van der Waals surface area (Å²) < 4.78 is 0. The van der Waals surface area contributed by atoms with Gasteiger partial charge >= 0.3 is 0 Å². The van der Waals surface area contributed by atoms with E-state index in [9.17, 15) is 0 Å². The highest BCUT2D eigenvalue weighted by atomic mass is 15.1. The summed E-state index contributed by atoms with van der Waals surface area (Å²) in [4.78, 5) is 2.33. The summed E-state index contributed by atoms with van der Waals surface area (Å²) in [5.41, 5.74) is 5.82. The molecule has 0 saturated carbocycles. The fourth-order valence-electron chi connectivity index (χ4n) is 1.31. The van der Waals surface area contributed by atoms with Crippen molar-refractivity contribution in [2.45, 2.75) is 32.7 Å². The van der Waals surface area contributed by atoms with E-state index in [1.807, 2.05) is 6.08 Å². The maximum atomic E-state index is 5.92. The first-order valence-electron chi connectivity index (χ1n) is 4.61. The number of hydrogen-bond acceptors (Lipinski definition) is 2. The fourth-order valence-corrected chi connectivity index (χ4v) is 1.31. The molecule has 0 fully saturated rings. The monoisotopic (exact) mass is 170 g/mol. The van der Waals surface area contributed by atoms with E-state index >= 15 is 0 Å². The van der Waals surface area contributed by atoms with Crippen LogP contribution < -0.4 is 5.73 Å². The number of rotatable bonds is 6. The van der Waals surface area contributed by atoms with Crippen LogP contribution in [-0.4, -0.2) is 30.1 Å². The molecule has 0 spiro atoms. The average molecular weight is 170 g/mol. The molecule has 2 heteroatoms. The van der Waals surface area contributed by atoms with E-state index in [1.54, 1.807) is 0 Å². The van der Waals surface area contributed by atoms with Crippen LogP contribution in [-0.2, 0) is 0 Å². The van der Waals surface area contributed by atoms with Crippen LogP contribution >= 0.6 is 0 Å². The summed E-state index contributed by atoms with van der Waals surface area (Å²) in [5, 5.41) is 0. The van der Waals surface area contributed by atoms with Crippen LogP contribution in [0.25, 0.3) is 0 Å². The Morgan fingerprint density at radius 3 is 2.42 bits per heavy atom. The maximum Gasteiger partial charge on any atom is 0.0226 e. The first-order valence-corrected chi connectivity index (χ1v) is 4.61. The first-order chi connectivity index (χ1) is 5.49. The Morgan fingerprint density at radius 2 is 2.08 bits per heavy atom. The molecule has 12 heavy (non-hydrogen) atoms. The summed E-state index contributed by atoms with van der Waals surface area (Å²) in [5.74, 6) is 0. The molecule has 0 atom stereocenters. The summed E-state index contributed by atoms with van der Waals surface area (Å²) in [6.45, 7) is 13.0. The topological polar surface area (TPSA) is 29.3 Å². The van der Waals surface area contributed by atoms with Gasteiger partial charge in [0.15, 0.2) is 0 Å². The van der Waals surface area contributed by atoms with Gasteiger partial charge in [-0.3, -0.25) is 4.90 Å². The van der Waals surface area contributed by atoms with Gasteiger partial charge in [-0.15, -0.1) is 6.58 Å². The van der Waals surface area contributed by atoms with Crippen molar-refractivity contribution < 1.29 is 0 Å². The Morgan fingerprint density at radius 1 is 1.50 bits per heavy atom. The van der Waals surface area contributed by atoms with E-state index in [0.717, 1.165) is 19.6 Å². The van der Waals surface area contributed by atoms with Crippen LogP contribution in [0.1, 0.15) is 27.2 Å². The quantitative estimate of drug-likeness (QED) is 0.614. The lowest BCUT2D eigenvalue weighted by Crippen LogP contribution is -2.45. The SMILES string of the molecule is C=CCN(CCC)CC(C)(C)N. The van der Waals surface area contributed by atoms with Gasteiger partial charge in [-0.1, -0.05) is 13.0 Å². The highest BCUT2D eigenvalue weighted by Crippen LogP contribution is 2.02. The molecule has 0 unspecified atom stereocenters. The molecule has 72 valence electrons. The van der Waals surface area contributed by atoms with E-state index < -0.39 is 0 Å². The van der Waals surface area contributed by atoms with Gasteiger partial charge in [-0.2, -0.15) is 0 Å². The predicted octanol–water partition coefficient (Wildman–Crippen LogP) is 1.62. The van der Waals surface area contributed by atoms with Crippen LogP contribution in [0, 0.1) is 0 Å². The second kappa shape index (κ2) is 5.33. The minimum atomic E-state index is -0.0990. The normalized spacial score (nSPS) is 12.1. The van der Waals surface area contributed by atoms with Crippen molar-refractivity contribution in [3.63, 3.8) is 0 Å². The minimum Gasteiger partial charge on any atom is -0.324 e. The van der Waals surface area contributed by atoms with Crippen LogP contribution in [0.2, 0.25) is 0 Å². The van der Waals surface area contributed by atoms with Gasteiger partial charge in [0.2, 0.25) is 0 Å². The molecule has 0 rings (SSSR count). The van der Waals surface area contributed by atoms with Crippen molar-refractivity contribution in [2.75, 3.05) is 19.6 Å². The molecule has 0 heterocycles. The highest BCUT2D eigenvalue weighted by molar-refractivity contribution is 4.81. The zero-order valence-corrected chi connectivity index (χ0v) is 8.64. The molecule has 2 N–H and O–H groups in total. The fraction of sp³-hybridized carbons (Fsp3) is 0.800. The molecular weight excluding hydrogens is 148 g/mol. The van der Waals surface area contributed by atoms with Crippen molar-refractivity contribution in [3.8, 4) is 0 Å². The van der Waals surface area contributed by atoms with Gasteiger partial charge in [0, 0.05) is 18.6 Å². The summed E-state index contributed by atoms with van der Waals surface area (Å²) >= 11 is 0. The second-order valence-electron chi connectivity index (χ2n) is 4.01. The molecule has 0 aliphatic carbocycles. The zero-order valence-electron chi connectivity index (χ0n) is 8.64. The minimum absolute atomic E-state index is 0.0990. The third-order valence-electron chi connectivity index (χ3n) is 1.56. The number of nitrogens with zero attached hydrogens (tertiary/aromatic N) is 1. The molecular formula is C10H22N2. The standard InChI is InChI=1S/C10H22N2/c1-5-7-12(8-6-2)9-10(3,4)11/h5H,1,6-9,11H2,2-4H3. The average Bonchev–Trinajstić information content (AvgIpc) is 1.84. The Labute approximate surface area is 76.4 Å². The molecule has 0 aromatic heterocycles. The van der Waals surface area contributed by atoms with Gasteiger partial charge in [-0.25, -0.2) is 0 Å². The van der Waals surface area contributed by atoms with Gasteiger partial charge in [-0.05, 0) is 26.8 Å². The summed E-state index contributed by atoms with van der Waals surface area (Å²) in [6, 6.07) is 0. The van der Waals surface area contributed by atoms with Crippen molar-refractivity contribution in [1.29, 1.82) is 0 Å². The third-order valence-corrected chi connectivity index (χ3v) is 1.56. The van der Waals surface area contributed by atoms with E-state index in [4.69, 9.17) is 5.73 Å². The van der Waals surface area contributed by atoms with Gasteiger partial charge in [0.1, 0.15) is 0 Å². The second-order valence-corrected chi connectivity index (χ2v) is 4.01. The van der Waals surface area contributed by atoms with E-state index in [2.05, 4.69) is 32.3 Å². The van der Waals surface area contributed by atoms with Crippen LogP contribution in [0.3, 0.4) is 0 Å². The first kappa shape index (κ1) is 11.7. The van der Waals surface area contributed by atoms with Crippen molar-refractivity contribution in [1.82, 2.24) is 4.90 Å². The molecule has 0 radical (unpaired) electrons. The summed E-state index contributed by atoms with van der Waals surface area (Å²) in [7, 11) is 0. The van der Waals surface area contributed by atoms with Gasteiger partial charge < -0.3 is 5.73 Å². The number of hydrogen-bond donors (Lipinski definition) is 1. The van der Waals surface area contributed by atoms with Crippen molar-refractivity contribution in [3.05, 3.63) is 12.7 Å². The Hall–Kier alpha value is -0.340. The van der Waals surface area contributed by atoms with Gasteiger partial charge in [0.25, 0.3) is 0 Å². The Kier molecular flexibility index (Phi) is 5.18. The van der Waals surface area contributed by atoms with E-state index in [-0.39, 0.29) is 5.54 Å². The van der Waals surface area contributed by atoms with Crippen LogP contribution in [0.15, 0.2) is 12.7 Å². The molecule has 0 aromatic rings. The zero-order chi connectivity index (χ0) is 9.61. The maximum absolute atomic E-state index is 5.92. The lowest BCUT2D eigenvalue weighted by atomic mass is 10.1. The van der Waals surface area contributed by atoms with Crippen molar-refractivity contribution in [2.24, 2.45) is 5.73 Å². The third kappa shape index (κ3) is 6.38. The van der Waals surface area contributed by atoms with E-state index in [0.29, 0.717) is 0 Å². The lowest BCUT2D eigenvalue weighted by molar-refractivity contribution is 0.247. The lowest BCUT2D eigenvalue weighted by Gasteiger charge is -2.28. The van der Waals surface area contributed by atoms with Crippen molar-refractivity contribution >= 4 is 0 Å². The van der Waals surface area contributed by atoms with Crippen LogP contribution in [0.5, 0.6) is 0 Å². The molecule has 0 amide bonds. The van der Waals surface area contributed by atoms with E-state index in [1.165, 1.54) is 6.42 Å². The van der Waals surface area contributed by atoms with Gasteiger partial charge in [0.05, 0.1) is 0 Å². The predicted molar refractivity (Wildman–Crippen MR) is 55.2 cm³/mol. The Balaban J connectivity index is 3.85. The largest absolute Gasteiger partial charge is 0.324 e. The molecule has 2 nitrogen and oxygen atoms in total. The molecule has 0 saturated heterocycles. The smallest absolute Gasteiger partial charge is 0.0226 e. The molecule has 0 aromatic carbocycles. The molecule has 0 aliphatic rings. The number of nitrogens with two attached hydrogens (primary N) is 1. The Bertz CT molecular complexity index is 124. The molecule has 0 bridgehead atoms.